The minimum atomic E-state index is 0.391. The first-order valence-corrected chi connectivity index (χ1v) is 4.56. The van der Waals surface area contributed by atoms with Gasteiger partial charge in [-0.05, 0) is 31.0 Å². The van der Waals surface area contributed by atoms with Crippen molar-refractivity contribution in [3.05, 3.63) is 36.0 Å². The zero-order valence-electron chi connectivity index (χ0n) is 7.96. The summed E-state index contributed by atoms with van der Waals surface area (Å²) in [6.07, 6.45) is 1.98. The zero-order chi connectivity index (χ0) is 9.26. The third-order valence-electron chi connectivity index (χ3n) is 2.52. The Morgan fingerprint density at radius 2 is 2.15 bits per heavy atom. The van der Waals surface area contributed by atoms with E-state index in [0.29, 0.717) is 6.04 Å². The molecule has 0 aliphatic carbocycles. The van der Waals surface area contributed by atoms with Crippen molar-refractivity contribution in [3.63, 3.8) is 0 Å². The number of para-hydroxylation sites is 1. The predicted molar refractivity (Wildman–Crippen MR) is 55.8 cm³/mol. The van der Waals surface area contributed by atoms with Crippen LogP contribution in [0.1, 0.15) is 18.5 Å². The summed E-state index contributed by atoms with van der Waals surface area (Å²) in [7, 11) is 1.98. The smallest absolute Gasteiger partial charge is 0.0502 e. The fourth-order valence-corrected chi connectivity index (χ4v) is 1.63. The van der Waals surface area contributed by atoms with Crippen molar-refractivity contribution in [2.45, 2.75) is 13.0 Å². The largest absolute Gasteiger partial charge is 0.361 e. The molecule has 1 atom stereocenters. The number of hydrogen-bond donors (Lipinski definition) is 2. The van der Waals surface area contributed by atoms with Gasteiger partial charge in [-0.1, -0.05) is 18.2 Å². The Balaban J connectivity index is 2.60. The summed E-state index contributed by atoms with van der Waals surface area (Å²) >= 11 is 0. The molecule has 0 saturated heterocycles. The lowest BCUT2D eigenvalue weighted by Crippen LogP contribution is -2.12. The monoisotopic (exact) mass is 174 g/mol. The molecule has 2 heteroatoms. The van der Waals surface area contributed by atoms with Gasteiger partial charge in [0, 0.05) is 12.2 Å². The fourth-order valence-electron chi connectivity index (χ4n) is 1.63. The summed E-state index contributed by atoms with van der Waals surface area (Å²) in [6, 6.07) is 8.86. The van der Waals surface area contributed by atoms with Crippen LogP contribution in [0, 0.1) is 0 Å². The average molecular weight is 174 g/mol. The maximum atomic E-state index is 3.26. The van der Waals surface area contributed by atoms with Gasteiger partial charge in [0.1, 0.15) is 0 Å². The maximum Gasteiger partial charge on any atom is 0.0502 e. The summed E-state index contributed by atoms with van der Waals surface area (Å²) < 4.78 is 0. The highest BCUT2D eigenvalue weighted by molar-refractivity contribution is 5.82. The molecule has 0 saturated carbocycles. The van der Waals surface area contributed by atoms with Gasteiger partial charge in [0.2, 0.25) is 0 Å². The van der Waals surface area contributed by atoms with Gasteiger partial charge in [0.25, 0.3) is 0 Å². The lowest BCUT2D eigenvalue weighted by Gasteiger charge is -2.11. The Bertz CT molecular complexity index is 403. The van der Waals surface area contributed by atoms with E-state index in [1.807, 2.05) is 13.2 Å². The number of aromatic amines is 1. The molecule has 1 aromatic carbocycles. The summed E-state index contributed by atoms with van der Waals surface area (Å²) in [4.78, 5) is 3.26. The SMILES string of the molecule is CNC(C)c1cccc2cc[nH]c12. The number of aromatic nitrogens is 1. The third-order valence-corrected chi connectivity index (χ3v) is 2.52. The number of rotatable bonds is 2. The molecule has 2 aromatic rings. The highest BCUT2D eigenvalue weighted by Crippen LogP contribution is 2.22. The first kappa shape index (κ1) is 8.32. The van der Waals surface area contributed by atoms with Crippen molar-refractivity contribution < 1.29 is 0 Å². The zero-order valence-corrected chi connectivity index (χ0v) is 7.96. The second-order valence-corrected chi connectivity index (χ2v) is 3.30. The molecule has 0 aliphatic rings. The molecule has 0 spiro atoms. The molecule has 2 nitrogen and oxygen atoms in total. The predicted octanol–water partition coefficient (Wildman–Crippen LogP) is 2.45. The van der Waals surface area contributed by atoms with E-state index in [1.54, 1.807) is 0 Å². The number of benzene rings is 1. The number of H-pyrrole nitrogens is 1. The highest BCUT2D eigenvalue weighted by Gasteiger charge is 2.06. The fraction of sp³-hybridized carbons (Fsp3) is 0.273. The molecule has 2 rings (SSSR count). The first-order chi connectivity index (χ1) is 6.33. The Labute approximate surface area is 78.0 Å². The minimum Gasteiger partial charge on any atom is -0.361 e. The van der Waals surface area contributed by atoms with E-state index in [9.17, 15) is 0 Å². The molecule has 68 valence electrons. The Kier molecular flexibility index (Phi) is 2.07. The van der Waals surface area contributed by atoms with E-state index < -0.39 is 0 Å². The maximum absolute atomic E-state index is 3.26. The molecular weight excluding hydrogens is 160 g/mol. The number of hydrogen-bond acceptors (Lipinski definition) is 1. The van der Waals surface area contributed by atoms with Crippen molar-refractivity contribution in [1.82, 2.24) is 10.3 Å². The molecule has 1 heterocycles. The molecule has 0 fully saturated rings. The van der Waals surface area contributed by atoms with Gasteiger partial charge < -0.3 is 10.3 Å². The molecule has 13 heavy (non-hydrogen) atoms. The van der Waals surface area contributed by atoms with Crippen molar-refractivity contribution in [2.75, 3.05) is 7.05 Å². The van der Waals surface area contributed by atoms with Gasteiger partial charge in [0.15, 0.2) is 0 Å². The summed E-state index contributed by atoms with van der Waals surface area (Å²) in [5, 5.41) is 4.52. The molecule has 1 unspecified atom stereocenters. The second-order valence-electron chi connectivity index (χ2n) is 3.30. The first-order valence-electron chi connectivity index (χ1n) is 4.56. The number of nitrogens with one attached hydrogen (secondary N) is 2. The highest BCUT2D eigenvalue weighted by atomic mass is 14.9. The molecular formula is C11H14N2. The van der Waals surface area contributed by atoms with E-state index in [0.717, 1.165) is 0 Å². The van der Waals surface area contributed by atoms with E-state index in [4.69, 9.17) is 0 Å². The molecule has 0 bridgehead atoms. The average Bonchev–Trinajstić information content (AvgIpc) is 2.63. The van der Waals surface area contributed by atoms with Gasteiger partial charge in [-0.2, -0.15) is 0 Å². The molecule has 0 aliphatic heterocycles. The number of fused-ring (bicyclic) bond motifs is 1. The van der Waals surface area contributed by atoms with Crippen LogP contribution in [0.3, 0.4) is 0 Å². The van der Waals surface area contributed by atoms with E-state index >= 15 is 0 Å². The molecule has 0 radical (unpaired) electrons. The van der Waals surface area contributed by atoms with Crippen LogP contribution >= 0.6 is 0 Å². The van der Waals surface area contributed by atoms with Gasteiger partial charge in [-0.3, -0.25) is 0 Å². The van der Waals surface area contributed by atoms with Crippen LogP contribution in [-0.2, 0) is 0 Å². The van der Waals surface area contributed by atoms with Crippen molar-refractivity contribution in [3.8, 4) is 0 Å². The summed E-state index contributed by atoms with van der Waals surface area (Å²) in [5.41, 5.74) is 2.56. The van der Waals surface area contributed by atoms with Gasteiger partial charge >= 0.3 is 0 Å². The Hall–Kier alpha value is -1.28. The van der Waals surface area contributed by atoms with Crippen LogP contribution in [0.15, 0.2) is 30.5 Å². The Morgan fingerprint density at radius 3 is 2.92 bits per heavy atom. The van der Waals surface area contributed by atoms with Crippen LogP contribution < -0.4 is 5.32 Å². The van der Waals surface area contributed by atoms with Crippen molar-refractivity contribution in [2.24, 2.45) is 0 Å². The lowest BCUT2D eigenvalue weighted by atomic mass is 10.1. The normalized spacial score (nSPS) is 13.4. The van der Waals surface area contributed by atoms with Crippen molar-refractivity contribution >= 4 is 10.9 Å². The lowest BCUT2D eigenvalue weighted by molar-refractivity contribution is 0.656. The van der Waals surface area contributed by atoms with Gasteiger partial charge in [0.05, 0.1) is 5.52 Å². The van der Waals surface area contributed by atoms with Crippen LogP contribution in [0.5, 0.6) is 0 Å². The van der Waals surface area contributed by atoms with Crippen LogP contribution in [0.2, 0.25) is 0 Å². The van der Waals surface area contributed by atoms with Gasteiger partial charge in [-0.15, -0.1) is 0 Å². The minimum absolute atomic E-state index is 0.391. The topological polar surface area (TPSA) is 27.8 Å². The van der Waals surface area contributed by atoms with E-state index in [-0.39, 0.29) is 0 Å². The van der Waals surface area contributed by atoms with Gasteiger partial charge in [-0.25, -0.2) is 0 Å². The molecule has 1 aromatic heterocycles. The van der Waals surface area contributed by atoms with Crippen LogP contribution in [0.4, 0.5) is 0 Å². The standard InChI is InChI=1S/C11H14N2/c1-8(12-2)10-5-3-4-9-6-7-13-11(9)10/h3-8,12-13H,1-2H3. The Morgan fingerprint density at radius 1 is 1.31 bits per heavy atom. The summed E-state index contributed by atoms with van der Waals surface area (Å²) in [6.45, 7) is 2.16. The van der Waals surface area contributed by atoms with E-state index in [2.05, 4.69) is 41.5 Å². The van der Waals surface area contributed by atoms with E-state index in [1.165, 1.54) is 16.5 Å². The quantitative estimate of drug-likeness (QED) is 0.719. The molecule has 0 amide bonds. The summed E-state index contributed by atoms with van der Waals surface area (Å²) in [5.74, 6) is 0. The van der Waals surface area contributed by atoms with Crippen molar-refractivity contribution in [1.29, 1.82) is 0 Å². The third kappa shape index (κ3) is 1.33. The van der Waals surface area contributed by atoms with Crippen LogP contribution in [-0.4, -0.2) is 12.0 Å². The second kappa shape index (κ2) is 3.23. The molecule has 2 N–H and O–H groups in total. The van der Waals surface area contributed by atoms with Crippen LogP contribution in [0.25, 0.3) is 10.9 Å².